The Balaban J connectivity index is 2.79. The van der Waals surface area contributed by atoms with Crippen molar-refractivity contribution in [2.45, 2.75) is 6.92 Å². The molecule has 0 saturated carbocycles. The molecule has 0 atom stereocenters. The van der Waals surface area contributed by atoms with Gasteiger partial charge in [0.05, 0.1) is 9.22 Å². The molecule has 0 aliphatic rings. The summed E-state index contributed by atoms with van der Waals surface area (Å²) in [5, 5.41) is 1.08. The number of hydrogen-bond acceptors (Lipinski definition) is 1. The zero-order chi connectivity index (χ0) is 11.0. The van der Waals surface area contributed by atoms with Crippen molar-refractivity contribution in [1.82, 2.24) is 4.57 Å². The van der Waals surface area contributed by atoms with E-state index in [1.54, 1.807) is 17.6 Å². The number of hydrogen-bond donors (Lipinski definition) is 0. The van der Waals surface area contributed by atoms with Gasteiger partial charge in [-0.2, -0.15) is 0 Å². The van der Waals surface area contributed by atoms with Crippen molar-refractivity contribution in [3.8, 4) is 0 Å². The van der Waals surface area contributed by atoms with E-state index in [9.17, 15) is 4.79 Å². The molecule has 0 amide bonds. The predicted octanol–water partition coefficient (Wildman–Crippen LogP) is 3.55. The Morgan fingerprint density at radius 3 is 2.80 bits per heavy atom. The van der Waals surface area contributed by atoms with Gasteiger partial charge in [0.2, 0.25) is 5.91 Å². The zero-order valence-corrected chi connectivity index (χ0v) is 10.5. The molecular formula is C12H10INO. The smallest absolute Gasteiger partial charge is 0.228 e. The van der Waals surface area contributed by atoms with Gasteiger partial charge in [0, 0.05) is 12.3 Å². The van der Waals surface area contributed by atoms with E-state index in [1.807, 2.05) is 24.3 Å². The van der Waals surface area contributed by atoms with Gasteiger partial charge in [-0.05, 0) is 46.4 Å². The van der Waals surface area contributed by atoms with Crippen LogP contribution in [-0.4, -0.2) is 10.5 Å². The summed E-state index contributed by atoms with van der Waals surface area (Å²) in [7, 11) is 0. The van der Waals surface area contributed by atoms with Crippen molar-refractivity contribution in [2.24, 2.45) is 0 Å². The number of fused-ring (bicyclic) bond motifs is 1. The molecule has 0 bridgehead atoms. The molecule has 0 aliphatic carbocycles. The third-order valence-corrected chi connectivity index (χ3v) is 3.13. The van der Waals surface area contributed by atoms with E-state index in [-0.39, 0.29) is 5.91 Å². The lowest BCUT2D eigenvalue weighted by Crippen LogP contribution is -2.06. The quantitative estimate of drug-likeness (QED) is 0.738. The standard InChI is InChI=1S/C12H10INO/c1-3-9-4-5-11-10(6-9)7-12(13)14(11)8(2)15/h3-7H,1H2,2H3. The van der Waals surface area contributed by atoms with Crippen molar-refractivity contribution in [2.75, 3.05) is 0 Å². The van der Waals surface area contributed by atoms with E-state index < -0.39 is 0 Å². The van der Waals surface area contributed by atoms with Crippen molar-refractivity contribution in [3.05, 3.63) is 40.1 Å². The molecular weight excluding hydrogens is 301 g/mol. The SMILES string of the molecule is C=Cc1ccc2c(c1)cc(I)n2C(C)=O. The molecule has 0 aliphatic heterocycles. The number of aromatic nitrogens is 1. The van der Waals surface area contributed by atoms with Crippen LogP contribution in [0.3, 0.4) is 0 Å². The van der Waals surface area contributed by atoms with Crippen molar-refractivity contribution < 1.29 is 4.79 Å². The molecule has 0 spiro atoms. The first-order valence-electron chi connectivity index (χ1n) is 4.58. The number of benzene rings is 1. The lowest BCUT2D eigenvalue weighted by molar-refractivity contribution is 0.0939. The molecule has 2 rings (SSSR count). The molecule has 2 nitrogen and oxygen atoms in total. The average molecular weight is 311 g/mol. The lowest BCUT2D eigenvalue weighted by atomic mass is 10.1. The number of carbonyl (C=O) groups is 1. The maximum absolute atomic E-state index is 11.4. The monoisotopic (exact) mass is 311 g/mol. The van der Waals surface area contributed by atoms with Crippen LogP contribution in [-0.2, 0) is 0 Å². The number of halogens is 1. The molecule has 0 N–H and O–H groups in total. The Kier molecular flexibility index (Phi) is 2.65. The van der Waals surface area contributed by atoms with E-state index in [1.165, 1.54) is 0 Å². The van der Waals surface area contributed by atoms with Gasteiger partial charge in [-0.1, -0.05) is 18.7 Å². The molecule has 1 heterocycles. The summed E-state index contributed by atoms with van der Waals surface area (Å²) in [4.78, 5) is 11.4. The summed E-state index contributed by atoms with van der Waals surface area (Å²) in [5.74, 6) is 0.0424. The summed E-state index contributed by atoms with van der Waals surface area (Å²) in [6, 6.07) is 7.95. The second-order valence-electron chi connectivity index (χ2n) is 3.34. The van der Waals surface area contributed by atoms with Crippen LogP contribution < -0.4 is 0 Å². The molecule has 0 radical (unpaired) electrons. The van der Waals surface area contributed by atoms with Crippen LogP contribution in [0.25, 0.3) is 17.0 Å². The third kappa shape index (κ3) is 1.71. The Morgan fingerprint density at radius 1 is 1.47 bits per heavy atom. The normalized spacial score (nSPS) is 10.5. The molecule has 1 aromatic carbocycles. The van der Waals surface area contributed by atoms with Gasteiger partial charge in [-0.3, -0.25) is 9.36 Å². The first kappa shape index (κ1) is 10.4. The van der Waals surface area contributed by atoms with Crippen LogP contribution in [0.2, 0.25) is 0 Å². The summed E-state index contributed by atoms with van der Waals surface area (Å²) in [5.41, 5.74) is 2.03. The van der Waals surface area contributed by atoms with Crippen LogP contribution >= 0.6 is 22.6 Å². The fourth-order valence-electron chi connectivity index (χ4n) is 1.65. The van der Waals surface area contributed by atoms with Crippen LogP contribution in [0.5, 0.6) is 0 Å². The van der Waals surface area contributed by atoms with Crippen molar-refractivity contribution in [3.63, 3.8) is 0 Å². The van der Waals surface area contributed by atoms with E-state index in [2.05, 4.69) is 29.2 Å². The molecule has 3 heteroatoms. The second kappa shape index (κ2) is 3.81. The zero-order valence-electron chi connectivity index (χ0n) is 8.33. The van der Waals surface area contributed by atoms with Crippen LogP contribution in [0.1, 0.15) is 17.3 Å². The van der Waals surface area contributed by atoms with Gasteiger partial charge in [0.1, 0.15) is 0 Å². The highest BCUT2D eigenvalue weighted by molar-refractivity contribution is 14.1. The summed E-state index contributed by atoms with van der Waals surface area (Å²) < 4.78 is 2.65. The van der Waals surface area contributed by atoms with Gasteiger partial charge in [-0.15, -0.1) is 0 Å². The first-order valence-corrected chi connectivity index (χ1v) is 5.65. The molecule has 1 aromatic heterocycles. The fraction of sp³-hybridized carbons (Fsp3) is 0.0833. The highest BCUT2D eigenvalue weighted by Gasteiger charge is 2.09. The number of nitrogens with zero attached hydrogens (tertiary/aromatic N) is 1. The average Bonchev–Trinajstić information content (AvgIpc) is 2.52. The van der Waals surface area contributed by atoms with Gasteiger partial charge >= 0.3 is 0 Å². The van der Waals surface area contributed by atoms with Gasteiger partial charge in [0.15, 0.2) is 0 Å². The van der Waals surface area contributed by atoms with Crippen LogP contribution in [0.15, 0.2) is 30.8 Å². The highest BCUT2D eigenvalue weighted by atomic mass is 127. The Bertz CT molecular complexity index is 554. The van der Waals surface area contributed by atoms with Crippen LogP contribution in [0, 0.1) is 3.70 Å². The highest BCUT2D eigenvalue weighted by Crippen LogP contribution is 2.22. The summed E-state index contributed by atoms with van der Waals surface area (Å²) in [6.45, 7) is 5.30. The van der Waals surface area contributed by atoms with Crippen molar-refractivity contribution in [1.29, 1.82) is 0 Å². The number of carbonyl (C=O) groups excluding carboxylic acids is 1. The maximum Gasteiger partial charge on any atom is 0.228 e. The molecule has 15 heavy (non-hydrogen) atoms. The largest absolute Gasteiger partial charge is 0.275 e. The molecule has 2 aromatic rings. The van der Waals surface area contributed by atoms with Gasteiger partial charge in [-0.25, -0.2) is 0 Å². The van der Waals surface area contributed by atoms with E-state index in [0.29, 0.717) is 0 Å². The Hall–Kier alpha value is -1.10. The minimum atomic E-state index is 0.0424. The minimum Gasteiger partial charge on any atom is -0.275 e. The topological polar surface area (TPSA) is 22.0 Å². The Labute approximate surface area is 102 Å². The third-order valence-electron chi connectivity index (χ3n) is 2.33. The summed E-state index contributed by atoms with van der Waals surface area (Å²) >= 11 is 2.17. The first-order chi connectivity index (χ1) is 7.13. The van der Waals surface area contributed by atoms with E-state index in [0.717, 1.165) is 20.2 Å². The van der Waals surface area contributed by atoms with E-state index >= 15 is 0 Å². The molecule has 0 unspecified atom stereocenters. The minimum absolute atomic E-state index is 0.0424. The lowest BCUT2D eigenvalue weighted by Gasteiger charge is -2.01. The van der Waals surface area contributed by atoms with Crippen molar-refractivity contribution >= 4 is 45.5 Å². The van der Waals surface area contributed by atoms with Crippen LogP contribution in [0.4, 0.5) is 0 Å². The maximum atomic E-state index is 11.4. The predicted molar refractivity (Wildman–Crippen MR) is 71.0 cm³/mol. The summed E-state index contributed by atoms with van der Waals surface area (Å²) in [6.07, 6.45) is 1.80. The van der Waals surface area contributed by atoms with Gasteiger partial charge < -0.3 is 0 Å². The Morgan fingerprint density at radius 2 is 2.20 bits per heavy atom. The van der Waals surface area contributed by atoms with E-state index in [4.69, 9.17) is 0 Å². The molecule has 0 saturated heterocycles. The second-order valence-corrected chi connectivity index (χ2v) is 4.45. The number of rotatable bonds is 1. The molecule has 76 valence electrons. The van der Waals surface area contributed by atoms with Gasteiger partial charge in [0.25, 0.3) is 0 Å². The molecule has 0 fully saturated rings. The fourth-order valence-corrected chi connectivity index (χ4v) is 2.58.